The van der Waals surface area contributed by atoms with Crippen molar-refractivity contribution in [3.05, 3.63) is 0 Å². The van der Waals surface area contributed by atoms with Gasteiger partial charge in [0.1, 0.15) is 0 Å². The number of hydrogen-bond acceptors (Lipinski definition) is 2. The smallest absolute Gasteiger partial charge is 0.157 e. The second-order valence-electron chi connectivity index (χ2n) is 7.95. The van der Waals surface area contributed by atoms with Crippen LogP contribution >= 0.6 is 22.6 Å². The molecule has 0 radical (unpaired) electrons. The Morgan fingerprint density at radius 1 is 0.519 bits per heavy atom. The van der Waals surface area contributed by atoms with E-state index in [-0.39, 0.29) is 6.29 Å². The van der Waals surface area contributed by atoms with Crippen LogP contribution in [0.2, 0.25) is 0 Å². The maximum absolute atomic E-state index is 6.09. The molecule has 0 unspecified atom stereocenters. The van der Waals surface area contributed by atoms with Crippen LogP contribution in [0.25, 0.3) is 0 Å². The third-order valence-electron chi connectivity index (χ3n) is 5.18. The summed E-state index contributed by atoms with van der Waals surface area (Å²) in [6.45, 7) is 6.31. The van der Waals surface area contributed by atoms with Gasteiger partial charge in [0.25, 0.3) is 0 Å². The van der Waals surface area contributed by atoms with E-state index in [9.17, 15) is 0 Å². The molecule has 0 aromatic carbocycles. The molecule has 0 spiro atoms. The number of alkyl halides is 1. The number of unbranched alkanes of at least 4 members (excludes halogenated alkanes) is 14. The van der Waals surface area contributed by atoms with Crippen molar-refractivity contribution in [3.63, 3.8) is 0 Å². The average Bonchev–Trinajstić information content (AvgIpc) is 2.68. The van der Waals surface area contributed by atoms with Gasteiger partial charge < -0.3 is 9.47 Å². The lowest BCUT2D eigenvalue weighted by Crippen LogP contribution is -2.19. The summed E-state index contributed by atoms with van der Waals surface area (Å²) in [5.41, 5.74) is 0. The van der Waals surface area contributed by atoms with Gasteiger partial charge in [-0.2, -0.15) is 0 Å². The molecule has 0 aromatic rings. The first-order chi connectivity index (χ1) is 13.3. The van der Waals surface area contributed by atoms with E-state index in [1.165, 1.54) is 114 Å². The first-order valence-corrected chi connectivity index (χ1v) is 13.7. The van der Waals surface area contributed by atoms with Crippen LogP contribution in [0.3, 0.4) is 0 Å². The van der Waals surface area contributed by atoms with Crippen molar-refractivity contribution in [1.82, 2.24) is 0 Å². The molecule has 27 heavy (non-hydrogen) atoms. The molecule has 0 aliphatic heterocycles. The van der Waals surface area contributed by atoms with Gasteiger partial charge in [0, 0.05) is 13.2 Å². The molecule has 0 aliphatic carbocycles. The van der Waals surface area contributed by atoms with Crippen molar-refractivity contribution in [2.24, 2.45) is 0 Å². The topological polar surface area (TPSA) is 18.5 Å². The van der Waals surface area contributed by atoms with E-state index in [0.29, 0.717) is 0 Å². The molecule has 2 nitrogen and oxygen atoms in total. The molecular formula is C24H49IO2. The zero-order valence-electron chi connectivity index (χ0n) is 18.6. The SMILES string of the molecule is CCCCCCCCCOC(CCCCCI)OCCCCCCCCC. The summed E-state index contributed by atoms with van der Waals surface area (Å²) in [5.74, 6) is 0. The summed E-state index contributed by atoms with van der Waals surface area (Å²) in [7, 11) is 0. The normalized spacial score (nSPS) is 11.6. The molecule has 0 fully saturated rings. The minimum Gasteiger partial charge on any atom is -0.353 e. The number of ether oxygens (including phenoxy) is 2. The van der Waals surface area contributed by atoms with Gasteiger partial charge in [-0.15, -0.1) is 0 Å². The van der Waals surface area contributed by atoms with Gasteiger partial charge in [0.2, 0.25) is 0 Å². The zero-order chi connectivity index (χ0) is 19.8. The molecular weight excluding hydrogens is 447 g/mol. The van der Waals surface area contributed by atoms with Crippen molar-refractivity contribution in [2.45, 2.75) is 136 Å². The Labute approximate surface area is 185 Å². The van der Waals surface area contributed by atoms with Crippen LogP contribution in [-0.2, 0) is 9.47 Å². The fourth-order valence-corrected chi connectivity index (χ4v) is 3.88. The molecule has 0 heterocycles. The van der Waals surface area contributed by atoms with E-state index in [1.54, 1.807) is 0 Å². The molecule has 0 aliphatic rings. The third kappa shape index (κ3) is 22.8. The van der Waals surface area contributed by atoms with E-state index in [0.717, 1.165) is 19.6 Å². The summed E-state index contributed by atoms with van der Waals surface area (Å²) in [4.78, 5) is 0. The fourth-order valence-electron chi connectivity index (χ4n) is 3.34. The Morgan fingerprint density at radius 3 is 1.37 bits per heavy atom. The summed E-state index contributed by atoms with van der Waals surface area (Å²) in [5, 5.41) is 0. The molecule has 0 saturated heterocycles. The van der Waals surface area contributed by atoms with E-state index in [2.05, 4.69) is 36.4 Å². The minimum atomic E-state index is 0.0411. The third-order valence-corrected chi connectivity index (χ3v) is 5.94. The Balaban J connectivity index is 3.70. The second kappa shape index (κ2) is 24.7. The second-order valence-corrected chi connectivity index (χ2v) is 9.03. The van der Waals surface area contributed by atoms with E-state index in [1.807, 2.05) is 0 Å². The Kier molecular flexibility index (Phi) is 25.3. The van der Waals surface area contributed by atoms with Gasteiger partial charge in [-0.05, 0) is 36.5 Å². The Bertz CT molecular complexity index is 241. The van der Waals surface area contributed by atoms with Gasteiger partial charge in [-0.1, -0.05) is 120 Å². The van der Waals surface area contributed by atoms with Crippen molar-refractivity contribution in [3.8, 4) is 0 Å². The summed E-state index contributed by atoms with van der Waals surface area (Å²) >= 11 is 2.47. The monoisotopic (exact) mass is 496 g/mol. The maximum atomic E-state index is 6.09. The Morgan fingerprint density at radius 2 is 0.926 bits per heavy atom. The number of hydrogen-bond donors (Lipinski definition) is 0. The van der Waals surface area contributed by atoms with Crippen LogP contribution in [0, 0.1) is 0 Å². The number of halogens is 1. The Hall–Kier alpha value is 0.650. The molecule has 0 bridgehead atoms. The molecule has 0 saturated carbocycles. The van der Waals surface area contributed by atoms with E-state index >= 15 is 0 Å². The molecule has 0 amide bonds. The van der Waals surface area contributed by atoms with Gasteiger partial charge >= 0.3 is 0 Å². The predicted molar refractivity (Wildman–Crippen MR) is 129 cm³/mol. The van der Waals surface area contributed by atoms with Crippen molar-refractivity contribution in [2.75, 3.05) is 17.6 Å². The van der Waals surface area contributed by atoms with Crippen LogP contribution in [0.15, 0.2) is 0 Å². The van der Waals surface area contributed by atoms with Crippen molar-refractivity contribution < 1.29 is 9.47 Å². The highest BCUT2D eigenvalue weighted by Crippen LogP contribution is 2.13. The quantitative estimate of drug-likeness (QED) is 0.0609. The van der Waals surface area contributed by atoms with Crippen molar-refractivity contribution >= 4 is 22.6 Å². The van der Waals surface area contributed by atoms with Gasteiger partial charge in [0.15, 0.2) is 6.29 Å². The summed E-state index contributed by atoms with van der Waals surface area (Å²) in [6, 6.07) is 0. The highest BCUT2D eigenvalue weighted by Gasteiger charge is 2.09. The standard InChI is InChI=1S/C24H49IO2/c1-3-5-7-9-11-13-18-22-26-24(20-16-15-17-21-25)27-23-19-14-12-10-8-6-4-2/h24H,3-23H2,1-2H3. The molecule has 0 rings (SSSR count). The van der Waals surface area contributed by atoms with Crippen LogP contribution in [-0.4, -0.2) is 23.9 Å². The fraction of sp³-hybridized carbons (Fsp3) is 1.00. The van der Waals surface area contributed by atoms with Crippen molar-refractivity contribution in [1.29, 1.82) is 0 Å². The number of rotatable bonds is 23. The predicted octanol–water partition coefficient (Wildman–Crippen LogP) is 8.84. The summed E-state index contributed by atoms with van der Waals surface area (Å²) in [6.07, 6.45) is 23.7. The molecule has 0 atom stereocenters. The summed E-state index contributed by atoms with van der Waals surface area (Å²) < 4.78 is 13.4. The van der Waals surface area contributed by atoms with E-state index in [4.69, 9.17) is 9.47 Å². The molecule has 0 N–H and O–H groups in total. The first-order valence-electron chi connectivity index (χ1n) is 12.1. The van der Waals surface area contributed by atoms with Crippen LogP contribution < -0.4 is 0 Å². The molecule has 3 heteroatoms. The lowest BCUT2D eigenvalue weighted by Gasteiger charge is -2.19. The molecule has 0 aromatic heterocycles. The maximum Gasteiger partial charge on any atom is 0.157 e. The van der Waals surface area contributed by atoms with Gasteiger partial charge in [0.05, 0.1) is 0 Å². The van der Waals surface area contributed by atoms with E-state index < -0.39 is 0 Å². The lowest BCUT2D eigenvalue weighted by atomic mass is 10.1. The highest BCUT2D eigenvalue weighted by molar-refractivity contribution is 14.1. The first kappa shape index (κ1) is 27.6. The van der Waals surface area contributed by atoms with Gasteiger partial charge in [-0.3, -0.25) is 0 Å². The molecule has 164 valence electrons. The van der Waals surface area contributed by atoms with Crippen LogP contribution in [0.5, 0.6) is 0 Å². The average molecular weight is 497 g/mol. The highest BCUT2D eigenvalue weighted by atomic mass is 127. The van der Waals surface area contributed by atoms with Crippen LogP contribution in [0.4, 0.5) is 0 Å². The largest absolute Gasteiger partial charge is 0.353 e. The van der Waals surface area contributed by atoms with Crippen LogP contribution in [0.1, 0.15) is 129 Å². The lowest BCUT2D eigenvalue weighted by molar-refractivity contribution is -0.148. The van der Waals surface area contributed by atoms with Gasteiger partial charge in [-0.25, -0.2) is 0 Å². The zero-order valence-corrected chi connectivity index (χ0v) is 20.8. The minimum absolute atomic E-state index is 0.0411.